The summed E-state index contributed by atoms with van der Waals surface area (Å²) in [6.45, 7) is 4.12. The van der Waals surface area contributed by atoms with E-state index in [-0.39, 0.29) is 28.5 Å². The number of rotatable bonds is 5. The minimum atomic E-state index is -0.202. The van der Waals surface area contributed by atoms with E-state index in [1.807, 2.05) is 21.9 Å². The predicted octanol–water partition coefficient (Wildman–Crippen LogP) is 3.96. The first-order chi connectivity index (χ1) is 15.8. The van der Waals surface area contributed by atoms with Gasteiger partial charge in [-0.1, -0.05) is 40.9 Å². The third kappa shape index (κ3) is 5.66. The Kier molecular flexibility index (Phi) is 7.54. The summed E-state index contributed by atoms with van der Waals surface area (Å²) in [4.78, 5) is 31.5. The van der Waals surface area contributed by atoms with Crippen LogP contribution in [0.25, 0.3) is 0 Å². The maximum Gasteiger partial charge on any atom is 0.236 e. The molecule has 0 bridgehead atoms. The average Bonchev–Trinajstić information content (AvgIpc) is 3.27. The first-order valence-corrected chi connectivity index (χ1v) is 11.9. The average molecular weight is 512 g/mol. The zero-order valence-electron chi connectivity index (χ0n) is 17.9. The van der Waals surface area contributed by atoms with Crippen molar-refractivity contribution in [3.63, 3.8) is 0 Å². The van der Waals surface area contributed by atoms with Crippen LogP contribution in [0.3, 0.4) is 0 Å². The molecule has 0 aliphatic carbocycles. The molecule has 0 saturated carbocycles. The molecule has 10 heteroatoms. The maximum atomic E-state index is 12.8. The fraction of sp³-hybridized carbons (Fsp3) is 0.391. The Bertz CT molecular complexity index is 1040. The Hall–Kier alpha value is -2.19. The van der Waals surface area contributed by atoms with Crippen molar-refractivity contribution in [2.75, 3.05) is 56.0 Å². The molecule has 2 N–H and O–H groups in total. The van der Waals surface area contributed by atoms with Crippen LogP contribution < -0.4 is 10.2 Å². The monoisotopic (exact) mass is 510 g/mol. The zero-order valence-corrected chi connectivity index (χ0v) is 20.2. The van der Waals surface area contributed by atoms with Gasteiger partial charge in [0.25, 0.3) is 0 Å². The normalized spacial score (nSPS) is 19.1. The van der Waals surface area contributed by atoms with Crippen LogP contribution in [0.1, 0.15) is 6.42 Å². The highest BCUT2D eigenvalue weighted by molar-refractivity contribution is 6.43. The Morgan fingerprint density at radius 2 is 1.76 bits per heavy atom. The maximum absolute atomic E-state index is 12.8. The number of hydrogen-bond acceptors (Lipinski definition) is 5. The highest BCUT2D eigenvalue weighted by Gasteiger charge is 2.31. The molecular weight excluding hydrogens is 487 g/mol. The van der Waals surface area contributed by atoms with E-state index in [0.29, 0.717) is 68.0 Å². The Morgan fingerprint density at radius 3 is 2.48 bits per heavy atom. The minimum absolute atomic E-state index is 0.0308. The number of hydrogen-bond donors (Lipinski definition) is 2. The van der Waals surface area contributed by atoms with Crippen molar-refractivity contribution in [1.82, 2.24) is 9.80 Å². The van der Waals surface area contributed by atoms with Crippen LogP contribution in [0, 0.1) is 5.92 Å². The molecular formula is C23H25Cl3N4O3. The Morgan fingerprint density at radius 1 is 1.00 bits per heavy atom. The smallest absolute Gasteiger partial charge is 0.236 e. The zero-order chi connectivity index (χ0) is 23.5. The number of aromatic hydroxyl groups is 1. The number of likely N-dealkylation sites (tertiary alicyclic amines) is 1. The summed E-state index contributed by atoms with van der Waals surface area (Å²) >= 11 is 18.4. The molecule has 176 valence electrons. The Balaban J connectivity index is 1.24. The summed E-state index contributed by atoms with van der Waals surface area (Å²) in [6.07, 6.45) is 0.686. The summed E-state index contributed by atoms with van der Waals surface area (Å²) in [6, 6.07) is 10.1. The number of piperazine rings is 1. The first kappa shape index (κ1) is 24.0. The van der Waals surface area contributed by atoms with Crippen LogP contribution in [0.15, 0.2) is 36.4 Å². The third-order valence-electron chi connectivity index (χ3n) is 6.12. The molecule has 0 unspecified atom stereocenters. The van der Waals surface area contributed by atoms with Gasteiger partial charge in [-0.15, -0.1) is 0 Å². The van der Waals surface area contributed by atoms with Crippen LogP contribution in [0.5, 0.6) is 5.75 Å². The van der Waals surface area contributed by atoms with Crippen LogP contribution >= 0.6 is 34.8 Å². The van der Waals surface area contributed by atoms with E-state index in [1.165, 1.54) is 12.1 Å². The van der Waals surface area contributed by atoms with Crippen LogP contribution in [-0.4, -0.2) is 72.5 Å². The Labute approximate surface area is 207 Å². The van der Waals surface area contributed by atoms with Gasteiger partial charge in [-0.25, -0.2) is 0 Å². The summed E-state index contributed by atoms with van der Waals surface area (Å²) < 4.78 is 0. The number of phenolic OH excluding ortho intramolecular Hbond substituents is 1. The van der Waals surface area contributed by atoms with E-state index in [1.54, 1.807) is 12.1 Å². The van der Waals surface area contributed by atoms with Crippen molar-refractivity contribution in [3.8, 4) is 5.75 Å². The van der Waals surface area contributed by atoms with E-state index in [4.69, 9.17) is 34.8 Å². The number of anilines is 2. The molecule has 33 heavy (non-hydrogen) atoms. The van der Waals surface area contributed by atoms with Gasteiger partial charge >= 0.3 is 0 Å². The molecule has 0 radical (unpaired) electrons. The first-order valence-electron chi connectivity index (χ1n) is 10.8. The quantitative estimate of drug-likeness (QED) is 0.594. The number of carbonyl (C=O) groups is 2. The lowest BCUT2D eigenvalue weighted by Gasteiger charge is -2.37. The lowest BCUT2D eigenvalue weighted by Crippen LogP contribution is -2.51. The second kappa shape index (κ2) is 10.4. The molecule has 2 amide bonds. The second-order valence-electron chi connectivity index (χ2n) is 8.32. The van der Waals surface area contributed by atoms with Gasteiger partial charge in [0.1, 0.15) is 5.75 Å². The largest absolute Gasteiger partial charge is 0.506 e. The molecule has 2 aromatic rings. The van der Waals surface area contributed by atoms with Crippen molar-refractivity contribution < 1.29 is 14.7 Å². The highest BCUT2D eigenvalue weighted by atomic mass is 35.5. The minimum Gasteiger partial charge on any atom is -0.506 e. The number of nitrogens with one attached hydrogen (secondary N) is 1. The van der Waals surface area contributed by atoms with Crippen molar-refractivity contribution in [2.24, 2.45) is 5.92 Å². The van der Waals surface area contributed by atoms with Crippen LogP contribution in [0.4, 0.5) is 11.4 Å². The summed E-state index contributed by atoms with van der Waals surface area (Å²) in [7, 11) is 0. The number of amides is 2. The summed E-state index contributed by atoms with van der Waals surface area (Å²) in [5.74, 6) is -0.277. The SMILES string of the molecule is O=C(Nc1ccc(O)c(Cl)c1)[C@@H]1CCN(CC(=O)N2CCN(c3cccc(Cl)c3Cl)CC2)C1. The third-order valence-corrected chi connectivity index (χ3v) is 7.23. The van der Waals surface area contributed by atoms with Gasteiger partial charge in [0.05, 0.1) is 33.2 Å². The molecule has 4 rings (SSSR count). The van der Waals surface area contributed by atoms with Crippen molar-refractivity contribution in [1.29, 1.82) is 0 Å². The van der Waals surface area contributed by atoms with E-state index in [0.717, 1.165) is 5.69 Å². The molecule has 0 aromatic heterocycles. The van der Waals surface area contributed by atoms with Gasteiger partial charge in [0.2, 0.25) is 11.8 Å². The molecule has 2 aliphatic rings. The second-order valence-corrected chi connectivity index (χ2v) is 9.51. The number of benzene rings is 2. The van der Waals surface area contributed by atoms with E-state index in [2.05, 4.69) is 10.2 Å². The molecule has 2 aromatic carbocycles. The summed E-state index contributed by atoms with van der Waals surface area (Å²) in [5.41, 5.74) is 1.43. The fourth-order valence-corrected chi connectivity index (χ4v) is 4.84. The lowest BCUT2D eigenvalue weighted by molar-refractivity contribution is -0.132. The van der Waals surface area contributed by atoms with Gasteiger partial charge in [-0.3, -0.25) is 14.5 Å². The van der Waals surface area contributed by atoms with E-state index < -0.39 is 0 Å². The fourth-order valence-electron chi connectivity index (χ4n) is 4.24. The molecule has 0 spiro atoms. The number of nitrogens with zero attached hydrogens (tertiary/aromatic N) is 3. The van der Waals surface area contributed by atoms with Crippen LogP contribution in [0.2, 0.25) is 15.1 Å². The molecule has 1 atom stereocenters. The van der Waals surface area contributed by atoms with E-state index in [9.17, 15) is 14.7 Å². The van der Waals surface area contributed by atoms with Gasteiger partial charge in [0, 0.05) is 38.4 Å². The molecule has 2 heterocycles. The highest BCUT2D eigenvalue weighted by Crippen LogP contribution is 2.33. The van der Waals surface area contributed by atoms with Crippen molar-refractivity contribution >= 4 is 58.0 Å². The number of carbonyl (C=O) groups excluding carboxylic acids is 2. The van der Waals surface area contributed by atoms with Crippen LogP contribution in [-0.2, 0) is 9.59 Å². The standard InChI is InChI=1S/C23H25Cl3N4O3/c24-17-2-1-3-19(22(17)26)29-8-10-30(11-9-29)21(32)14-28-7-6-15(13-28)23(33)27-16-4-5-20(31)18(25)12-16/h1-5,12,15,31H,6-11,13-14H2,(H,27,33)/t15-/m1/s1. The van der Waals surface area contributed by atoms with Gasteiger partial charge < -0.3 is 20.2 Å². The van der Waals surface area contributed by atoms with E-state index >= 15 is 0 Å². The van der Waals surface area contributed by atoms with Crippen molar-refractivity contribution in [2.45, 2.75) is 6.42 Å². The molecule has 7 nitrogen and oxygen atoms in total. The lowest BCUT2D eigenvalue weighted by atomic mass is 10.1. The molecule has 2 saturated heterocycles. The predicted molar refractivity (Wildman–Crippen MR) is 132 cm³/mol. The van der Waals surface area contributed by atoms with Crippen molar-refractivity contribution in [3.05, 3.63) is 51.5 Å². The molecule has 2 aliphatic heterocycles. The molecule has 2 fully saturated rings. The number of halogens is 3. The van der Waals surface area contributed by atoms with Gasteiger partial charge in [-0.2, -0.15) is 0 Å². The topological polar surface area (TPSA) is 76.1 Å². The van der Waals surface area contributed by atoms with Gasteiger partial charge in [0.15, 0.2) is 0 Å². The van der Waals surface area contributed by atoms with Gasteiger partial charge in [-0.05, 0) is 43.3 Å². The number of phenols is 1. The summed E-state index contributed by atoms with van der Waals surface area (Å²) in [5, 5.41) is 13.6.